The Morgan fingerprint density at radius 1 is 1.03 bits per heavy atom. The van der Waals surface area contributed by atoms with Gasteiger partial charge >= 0.3 is 5.97 Å². The summed E-state index contributed by atoms with van der Waals surface area (Å²) in [5.41, 5.74) is 1.18. The van der Waals surface area contributed by atoms with Gasteiger partial charge in [0.1, 0.15) is 11.9 Å². The zero-order valence-corrected chi connectivity index (χ0v) is 17.6. The molecule has 3 nitrogen and oxygen atoms in total. The lowest BCUT2D eigenvalue weighted by molar-refractivity contribution is -0.157. The van der Waals surface area contributed by atoms with Crippen molar-refractivity contribution in [2.75, 3.05) is 0 Å². The Hall–Kier alpha value is -2.41. The predicted molar refractivity (Wildman–Crippen MR) is 116 cm³/mol. The molecule has 4 heteroatoms. The maximum Gasteiger partial charge on any atom is 0.309 e. The first-order valence-electron chi connectivity index (χ1n) is 11.3. The summed E-state index contributed by atoms with van der Waals surface area (Å²) in [4.78, 5) is 12.6. The summed E-state index contributed by atoms with van der Waals surface area (Å²) >= 11 is 0. The summed E-state index contributed by atoms with van der Waals surface area (Å²) in [6.45, 7) is 0. The smallest absolute Gasteiger partial charge is 0.309 e. The number of nitrogens with zero attached hydrogens (tertiary/aromatic N) is 1. The molecule has 2 aliphatic carbocycles. The van der Waals surface area contributed by atoms with Gasteiger partial charge in [-0.05, 0) is 93.7 Å². The Kier molecular flexibility index (Phi) is 8.68. The van der Waals surface area contributed by atoms with Crippen LogP contribution in [0.3, 0.4) is 0 Å². The van der Waals surface area contributed by atoms with Gasteiger partial charge in [-0.1, -0.05) is 30.4 Å². The van der Waals surface area contributed by atoms with Crippen LogP contribution in [-0.2, 0) is 9.53 Å². The number of hydrogen-bond acceptors (Lipinski definition) is 3. The summed E-state index contributed by atoms with van der Waals surface area (Å²) in [7, 11) is 0. The third kappa shape index (κ3) is 6.83. The normalized spacial score (nSPS) is 27.2. The number of carbonyl (C=O) groups excluding carboxylic acids is 1. The monoisotopic (exact) mass is 409 g/mol. The fourth-order valence-electron chi connectivity index (χ4n) is 4.80. The first kappa shape index (κ1) is 22.3. The van der Waals surface area contributed by atoms with Crippen LogP contribution < -0.4 is 0 Å². The molecule has 0 N–H and O–H groups in total. The van der Waals surface area contributed by atoms with Crippen molar-refractivity contribution in [2.24, 2.45) is 11.8 Å². The quantitative estimate of drug-likeness (QED) is 0.289. The van der Waals surface area contributed by atoms with Crippen LogP contribution in [0.25, 0.3) is 0 Å². The topological polar surface area (TPSA) is 50.1 Å². The third-order valence-electron chi connectivity index (χ3n) is 6.64. The zero-order chi connectivity index (χ0) is 21.2. The summed E-state index contributed by atoms with van der Waals surface area (Å²) in [6, 6.07) is 8.76. The molecule has 2 saturated carbocycles. The van der Waals surface area contributed by atoms with Gasteiger partial charge in [-0.2, -0.15) is 5.26 Å². The number of rotatable bonds is 7. The van der Waals surface area contributed by atoms with Crippen LogP contribution >= 0.6 is 0 Å². The van der Waals surface area contributed by atoms with Crippen molar-refractivity contribution in [3.05, 3.63) is 60.0 Å². The molecule has 2 aliphatic rings. The molecule has 2 fully saturated rings. The lowest BCUT2D eigenvalue weighted by Crippen LogP contribution is -2.29. The fraction of sp³-hybridized carbons (Fsp3) is 0.538. The largest absolute Gasteiger partial charge is 0.462 e. The van der Waals surface area contributed by atoms with Crippen LogP contribution in [0.15, 0.2) is 48.6 Å². The van der Waals surface area contributed by atoms with E-state index in [0.29, 0.717) is 11.8 Å². The van der Waals surface area contributed by atoms with E-state index in [1.54, 1.807) is 6.08 Å². The highest BCUT2D eigenvalue weighted by Gasteiger charge is 2.31. The van der Waals surface area contributed by atoms with Gasteiger partial charge in [0.25, 0.3) is 0 Å². The van der Waals surface area contributed by atoms with E-state index in [4.69, 9.17) is 10.00 Å². The molecule has 0 atom stereocenters. The fourth-order valence-corrected chi connectivity index (χ4v) is 4.80. The summed E-state index contributed by atoms with van der Waals surface area (Å²) in [5.74, 6) is 0.939. The minimum Gasteiger partial charge on any atom is -0.462 e. The highest BCUT2D eigenvalue weighted by Crippen LogP contribution is 2.37. The number of allylic oxidation sites excluding steroid dienone is 4. The van der Waals surface area contributed by atoms with Crippen LogP contribution in [0.2, 0.25) is 0 Å². The molecule has 0 radical (unpaired) electrons. The van der Waals surface area contributed by atoms with Gasteiger partial charge in [-0.3, -0.25) is 4.79 Å². The Morgan fingerprint density at radius 2 is 1.73 bits per heavy atom. The van der Waals surface area contributed by atoms with E-state index in [-0.39, 0.29) is 23.8 Å². The minimum atomic E-state index is -0.199. The van der Waals surface area contributed by atoms with Gasteiger partial charge in [0.15, 0.2) is 0 Å². The molecular formula is C26H32FNO2. The third-order valence-corrected chi connectivity index (χ3v) is 6.64. The molecule has 0 aliphatic heterocycles. The van der Waals surface area contributed by atoms with Gasteiger partial charge in [0, 0.05) is 6.08 Å². The molecule has 0 saturated heterocycles. The van der Waals surface area contributed by atoms with Crippen molar-refractivity contribution in [3.8, 4) is 6.07 Å². The van der Waals surface area contributed by atoms with E-state index in [1.807, 2.05) is 24.3 Å². The maximum absolute atomic E-state index is 13.1. The lowest BCUT2D eigenvalue weighted by atomic mass is 9.78. The van der Waals surface area contributed by atoms with Crippen molar-refractivity contribution >= 4 is 5.97 Å². The van der Waals surface area contributed by atoms with Crippen molar-refractivity contribution in [1.82, 2.24) is 0 Å². The SMILES string of the molecule is N#CC=CC=CCCC1CCC(OC(=O)C2CCC(c3ccc(F)cc3)CC2)CC1. The van der Waals surface area contributed by atoms with Gasteiger partial charge in [-0.15, -0.1) is 0 Å². The Morgan fingerprint density at radius 3 is 2.40 bits per heavy atom. The predicted octanol–water partition coefficient (Wildman–Crippen LogP) is 6.62. The number of esters is 1. The van der Waals surface area contributed by atoms with E-state index < -0.39 is 0 Å². The molecule has 160 valence electrons. The van der Waals surface area contributed by atoms with Gasteiger partial charge < -0.3 is 4.74 Å². The van der Waals surface area contributed by atoms with E-state index in [0.717, 1.165) is 64.2 Å². The second-order valence-electron chi connectivity index (χ2n) is 8.67. The van der Waals surface area contributed by atoms with Crippen molar-refractivity contribution < 1.29 is 13.9 Å². The molecule has 1 aromatic carbocycles. The molecular weight excluding hydrogens is 377 g/mol. The molecule has 1 aromatic rings. The first-order valence-corrected chi connectivity index (χ1v) is 11.3. The van der Waals surface area contributed by atoms with E-state index >= 15 is 0 Å². The molecule has 3 rings (SSSR count). The molecule has 0 unspecified atom stereocenters. The Labute approximate surface area is 179 Å². The summed E-state index contributed by atoms with van der Waals surface area (Å²) in [5, 5.41) is 8.45. The Balaban J connectivity index is 1.33. The molecule has 0 aromatic heterocycles. The second-order valence-corrected chi connectivity index (χ2v) is 8.67. The number of benzene rings is 1. The number of hydrogen-bond donors (Lipinski definition) is 0. The molecule has 0 bridgehead atoms. The van der Waals surface area contributed by atoms with Crippen LogP contribution in [0.5, 0.6) is 0 Å². The standard InChI is InChI=1S/C26H32FNO2/c27-24-15-13-22(14-16-24)21-9-11-23(12-10-21)26(29)30-25-17-7-20(8-18-25)6-4-2-1-3-5-19-28/h1-3,5,13-16,20-21,23,25H,4,6-12,17-18H2. The second kappa shape index (κ2) is 11.7. The van der Waals surface area contributed by atoms with Crippen LogP contribution in [0.1, 0.15) is 75.7 Å². The van der Waals surface area contributed by atoms with Crippen molar-refractivity contribution in [1.29, 1.82) is 5.26 Å². The minimum absolute atomic E-state index is 0.0109. The average molecular weight is 410 g/mol. The number of nitriles is 1. The summed E-state index contributed by atoms with van der Waals surface area (Å²) in [6.07, 6.45) is 17.4. The van der Waals surface area contributed by atoms with Crippen molar-refractivity contribution in [2.45, 2.75) is 76.2 Å². The molecule has 0 amide bonds. The molecule has 30 heavy (non-hydrogen) atoms. The first-order chi connectivity index (χ1) is 14.7. The maximum atomic E-state index is 13.1. The van der Waals surface area contributed by atoms with E-state index in [1.165, 1.54) is 23.8 Å². The van der Waals surface area contributed by atoms with Gasteiger partial charge in [0.2, 0.25) is 0 Å². The highest BCUT2D eigenvalue weighted by molar-refractivity contribution is 5.72. The molecule has 0 heterocycles. The van der Waals surface area contributed by atoms with E-state index in [2.05, 4.69) is 6.08 Å². The lowest BCUT2D eigenvalue weighted by Gasteiger charge is -2.31. The average Bonchev–Trinajstić information content (AvgIpc) is 2.78. The van der Waals surface area contributed by atoms with Crippen LogP contribution in [0.4, 0.5) is 4.39 Å². The molecule has 0 spiro atoms. The van der Waals surface area contributed by atoms with Crippen molar-refractivity contribution in [3.63, 3.8) is 0 Å². The zero-order valence-electron chi connectivity index (χ0n) is 17.6. The number of carbonyl (C=O) groups is 1. The van der Waals surface area contributed by atoms with E-state index in [9.17, 15) is 9.18 Å². The summed E-state index contributed by atoms with van der Waals surface area (Å²) < 4.78 is 19.0. The highest BCUT2D eigenvalue weighted by atomic mass is 19.1. The van der Waals surface area contributed by atoms with Crippen LogP contribution in [0, 0.1) is 29.0 Å². The van der Waals surface area contributed by atoms with Crippen LogP contribution in [-0.4, -0.2) is 12.1 Å². The van der Waals surface area contributed by atoms with Gasteiger partial charge in [-0.25, -0.2) is 4.39 Å². The van der Waals surface area contributed by atoms with Gasteiger partial charge in [0.05, 0.1) is 12.0 Å². The Bertz CT molecular complexity index is 761. The number of halogens is 1. The number of ether oxygens (including phenoxy) is 1.